The van der Waals surface area contributed by atoms with Gasteiger partial charge in [-0.2, -0.15) is 8.42 Å². The first kappa shape index (κ1) is 74.7. The number of hydrogen-bond acceptors (Lipinski definition) is 20. The molecule has 0 fully saturated rings. The van der Waals surface area contributed by atoms with E-state index < -0.39 is 105 Å². The summed E-state index contributed by atoms with van der Waals surface area (Å²) in [6.45, 7) is 16.4. The number of carbonyl (C=O) groups is 9. The number of aliphatic hydroxyl groups is 1. The minimum atomic E-state index is -4.65. The van der Waals surface area contributed by atoms with Crippen LogP contribution in [-0.2, 0) is 59.7 Å². The molecule has 5 aliphatic rings. The Bertz CT molecular complexity index is 3720. The quantitative estimate of drug-likeness (QED) is 0.0212. The fourth-order valence-corrected chi connectivity index (χ4v) is 12.5. The Morgan fingerprint density at radius 1 is 0.704 bits per heavy atom. The van der Waals surface area contributed by atoms with E-state index in [-0.39, 0.29) is 129 Å². The van der Waals surface area contributed by atoms with Gasteiger partial charge in [0, 0.05) is 61.9 Å². The Hall–Kier alpha value is -9.10. The van der Waals surface area contributed by atoms with Crippen LogP contribution in [0.4, 0.5) is 21.9 Å². The van der Waals surface area contributed by atoms with Crippen molar-refractivity contribution in [2.75, 3.05) is 69.3 Å². The lowest BCUT2D eigenvalue weighted by atomic mass is 10.0. The molecule has 0 bridgehead atoms. The molecule has 8 rings (SSSR count). The van der Waals surface area contributed by atoms with Gasteiger partial charge in [0.15, 0.2) is 34.6 Å². The second-order valence-corrected chi connectivity index (χ2v) is 27.8. The van der Waals surface area contributed by atoms with Gasteiger partial charge in [0.2, 0.25) is 23.6 Å². The lowest BCUT2D eigenvalue weighted by Crippen LogP contribution is -2.53. The minimum absolute atomic E-state index is 0.00624. The van der Waals surface area contributed by atoms with Crippen LogP contribution in [-0.4, -0.2) is 187 Å². The fourth-order valence-electron chi connectivity index (χ4n) is 11.6. The molecule has 3 aromatic carbocycles. The number of unbranched alkanes of at least 4 members (excludes halogenated alkanes) is 2. The van der Waals surface area contributed by atoms with Crippen LogP contribution in [0.5, 0.6) is 23.0 Å². The van der Waals surface area contributed by atoms with Crippen LogP contribution in [0.1, 0.15) is 140 Å². The first-order chi connectivity index (χ1) is 46.3. The molecular formula is C68H89N9O20S. The number of imide groups is 1. The van der Waals surface area contributed by atoms with Crippen molar-refractivity contribution in [3.63, 3.8) is 0 Å². The van der Waals surface area contributed by atoms with E-state index in [0.29, 0.717) is 36.9 Å². The highest BCUT2D eigenvalue weighted by atomic mass is 32.2. The van der Waals surface area contributed by atoms with E-state index in [4.69, 9.17) is 33.2 Å². The fraction of sp³-hybridized carbons (Fsp3) is 0.515. The summed E-state index contributed by atoms with van der Waals surface area (Å²) >= 11 is 0. The molecule has 0 saturated heterocycles. The molecule has 3 aromatic rings. The Labute approximate surface area is 569 Å². The normalized spacial score (nSPS) is 18.8. The molecular weight excluding hydrogens is 1290 g/mol. The third-order valence-electron chi connectivity index (χ3n) is 17.1. The number of nitrogens with one attached hydrogen (secondary N) is 5. The van der Waals surface area contributed by atoms with Crippen LogP contribution in [0.25, 0.3) is 0 Å². The summed E-state index contributed by atoms with van der Waals surface area (Å²) in [5.41, 5.74) is 1.28. The molecule has 0 aliphatic carbocycles. The van der Waals surface area contributed by atoms with E-state index in [9.17, 15) is 61.2 Å². The molecule has 98 heavy (non-hydrogen) atoms. The van der Waals surface area contributed by atoms with Gasteiger partial charge in [-0.3, -0.25) is 47.8 Å². The van der Waals surface area contributed by atoms with Gasteiger partial charge in [0.1, 0.15) is 18.7 Å². The zero-order chi connectivity index (χ0) is 71.6. The second kappa shape index (κ2) is 32.1. The first-order valence-corrected chi connectivity index (χ1v) is 33.9. The first-order valence-electron chi connectivity index (χ1n) is 32.4. The van der Waals surface area contributed by atoms with Gasteiger partial charge in [-0.25, -0.2) is 9.69 Å². The molecule has 29 nitrogen and oxygen atoms in total. The Morgan fingerprint density at radius 2 is 1.30 bits per heavy atom. The number of rotatable bonds is 32. The van der Waals surface area contributed by atoms with Gasteiger partial charge < -0.3 is 74.6 Å². The number of anilines is 3. The highest BCUT2D eigenvalue weighted by Gasteiger charge is 2.47. The number of methoxy groups -OCH3 is 2. The molecule has 0 spiro atoms. The van der Waals surface area contributed by atoms with Crippen LogP contribution in [0.2, 0.25) is 0 Å². The summed E-state index contributed by atoms with van der Waals surface area (Å²) in [6, 6.07) is 8.44. The van der Waals surface area contributed by atoms with Crippen LogP contribution < -0.4 is 50.4 Å². The number of hydrogen-bond donors (Lipinski definition) is 7. The summed E-state index contributed by atoms with van der Waals surface area (Å²) in [5.74, 6) is -3.29. The van der Waals surface area contributed by atoms with Crippen molar-refractivity contribution in [3.05, 3.63) is 101 Å². The number of nitrogens with zero attached hydrogens (tertiary/aromatic N) is 4. The van der Waals surface area contributed by atoms with Crippen LogP contribution in [0, 0.1) is 5.92 Å². The van der Waals surface area contributed by atoms with Crippen molar-refractivity contribution in [2.24, 2.45) is 5.92 Å². The van der Waals surface area contributed by atoms with Crippen molar-refractivity contribution in [3.8, 4) is 23.0 Å². The van der Waals surface area contributed by atoms with Gasteiger partial charge in [0.25, 0.3) is 33.7 Å². The Balaban J connectivity index is 0.791. The van der Waals surface area contributed by atoms with Gasteiger partial charge in [-0.05, 0) is 123 Å². The number of carbonyl (C=O) groups excluding carboxylic acids is 9. The van der Waals surface area contributed by atoms with E-state index in [2.05, 4.69) is 26.6 Å². The molecule has 0 radical (unpaired) electrons. The maximum Gasteiger partial charge on any atom is 0.416 e. The largest absolute Gasteiger partial charge is 0.493 e. The van der Waals surface area contributed by atoms with Crippen LogP contribution in [0.15, 0.2) is 84.2 Å². The van der Waals surface area contributed by atoms with E-state index >= 15 is 0 Å². The molecule has 5 aliphatic heterocycles. The van der Waals surface area contributed by atoms with Crippen LogP contribution >= 0.6 is 0 Å². The summed E-state index contributed by atoms with van der Waals surface area (Å²) in [7, 11) is -1.83. The van der Waals surface area contributed by atoms with E-state index in [0.717, 1.165) is 20.9 Å². The third-order valence-corrected chi connectivity index (χ3v) is 18.2. The number of amides is 9. The highest BCUT2D eigenvalue weighted by Crippen LogP contribution is 2.43. The number of benzene rings is 3. The maximum atomic E-state index is 14.3. The standard InChI is InChI=1S/C68H89N9O20S/c1-39(2)59(73-56(79)22-28-96-68(8,9)38-97-67(6,7)23-24-69-55(78)21-25-74-57(80)19-20-58(74)81)61(83)70-42(5)60(82)71-44-17-15-43(16-18-44)37-95-66(87)77-48-34-54(52(92-11)32-46(48)64(85)76-36-41(4)30-50(76)65(77)86)94-27-14-12-13-26-93-53-33-47-45(31-51(53)91-10)63(84)75-35-40(3)29-49(75)62(72-47)98(88,89)90/h15-20,31-36,39,42,49-50,59,62,65,72,86H,12-14,21-30,37-38H2,1-11H3,(H,69,78)(H,70,83)(H,71,82)(H,73,79)(H,88,89,90). The average Bonchev–Trinajstić information content (AvgIpc) is 1.59. The van der Waals surface area contributed by atoms with Crippen LogP contribution in [0.3, 0.4) is 0 Å². The maximum absolute atomic E-state index is 14.3. The molecule has 0 saturated carbocycles. The van der Waals surface area contributed by atoms with Gasteiger partial charge in [-0.1, -0.05) is 37.1 Å². The van der Waals surface area contributed by atoms with E-state index in [1.54, 1.807) is 71.3 Å². The van der Waals surface area contributed by atoms with Gasteiger partial charge >= 0.3 is 6.09 Å². The second-order valence-electron chi connectivity index (χ2n) is 26.3. The summed E-state index contributed by atoms with van der Waals surface area (Å²) in [4.78, 5) is 123. The van der Waals surface area contributed by atoms with E-state index in [1.807, 2.05) is 20.8 Å². The third kappa shape index (κ3) is 18.8. The molecule has 5 heterocycles. The number of aliphatic hydroxyl groups excluding tert-OH is 1. The predicted molar refractivity (Wildman–Crippen MR) is 357 cm³/mol. The number of ether oxygens (including phenoxy) is 7. The zero-order valence-electron chi connectivity index (χ0n) is 57.0. The topological polar surface area (TPSA) is 366 Å². The summed E-state index contributed by atoms with van der Waals surface area (Å²) < 4.78 is 76.7. The monoisotopic (exact) mass is 1380 g/mol. The molecule has 30 heteroatoms. The van der Waals surface area contributed by atoms with Crippen molar-refractivity contribution < 1.29 is 94.4 Å². The molecule has 532 valence electrons. The summed E-state index contributed by atoms with van der Waals surface area (Å²) in [6.07, 6.45) is 5.44. The van der Waals surface area contributed by atoms with Gasteiger partial charge in [-0.15, -0.1) is 0 Å². The molecule has 6 unspecified atom stereocenters. The van der Waals surface area contributed by atoms with Crippen molar-refractivity contribution in [1.29, 1.82) is 0 Å². The molecule has 9 amide bonds. The summed E-state index contributed by atoms with van der Waals surface area (Å²) in [5, 5.41) is 24.3. The van der Waals surface area contributed by atoms with Crippen molar-refractivity contribution in [2.45, 2.75) is 167 Å². The minimum Gasteiger partial charge on any atom is -0.493 e. The number of fused-ring (bicyclic) bond motifs is 4. The predicted octanol–water partition coefficient (Wildman–Crippen LogP) is 6.07. The van der Waals surface area contributed by atoms with Gasteiger partial charge in [0.05, 0.1) is 92.9 Å². The molecule has 0 aromatic heterocycles. The average molecular weight is 1380 g/mol. The SMILES string of the molecule is COc1cc2c(cc1OCCCCCOc1cc3c(cc1OC)C(=O)N1C=C(C)CC1C(O)N3C(=O)OCc1ccc(NC(=O)C(C)NC(=O)C(NC(=O)CCOC(C)(C)COC(C)(C)CCNC(=O)CCN3C(=O)C=CC3=O)C(C)C)cc1)NC(S(=O)(=O)O)C1CC(C)=CN1C2=O. The Kier molecular flexibility index (Phi) is 24.4. The Morgan fingerprint density at radius 3 is 1.91 bits per heavy atom. The lowest BCUT2D eigenvalue weighted by molar-refractivity contribution is -0.138. The molecule has 6 atom stereocenters. The lowest BCUT2D eigenvalue weighted by Gasteiger charge is -2.32. The highest BCUT2D eigenvalue weighted by molar-refractivity contribution is 7.86. The smallest absolute Gasteiger partial charge is 0.416 e. The van der Waals surface area contributed by atoms with E-state index in [1.165, 1.54) is 67.4 Å². The van der Waals surface area contributed by atoms with Crippen molar-refractivity contribution in [1.82, 2.24) is 30.7 Å². The van der Waals surface area contributed by atoms with Crippen molar-refractivity contribution >= 4 is 80.5 Å². The zero-order valence-corrected chi connectivity index (χ0v) is 57.8. The molecule has 7 N–H and O–H groups in total.